The predicted molar refractivity (Wildman–Crippen MR) is 175 cm³/mol. The number of allylic oxidation sites excluding steroid dienone is 4. The third kappa shape index (κ3) is 30.2. The van der Waals surface area contributed by atoms with Crippen LogP contribution in [0.3, 0.4) is 0 Å². The lowest BCUT2D eigenvalue weighted by molar-refractivity contribution is 0.0810. The van der Waals surface area contributed by atoms with Gasteiger partial charge in [-0.05, 0) is 51.5 Å². The fourth-order valence-electron chi connectivity index (χ4n) is 5.30. The molecule has 0 saturated heterocycles. The molecule has 0 rings (SSSR count). The van der Waals surface area contributed by atoms with E-state index in [1.807, 2.05) is 0 Å². The second-order valence-corrected chi connectivity index (χ2v) is 11.9. The van der Waals surface area contributed by atoms with E-state index >= 15 is 0 Å². The number of hydrogen-bond donors (Lipinski definition) is 3. The van der Waals surface area contributed by atoms with E-state index in [1.165, 1.54) is 141 Å². The molecule has 0 aliphatic carbocycles. The minimum Gasteiger partial charge on any atom is -0.395 e. The van der Waals surface area contributed by atoms with Crippen molar-refractivity contribution in [1.29, 1.82) is 0 Å². The van der Waals surface area contributed by atoms with E-state index in [0.717, 1.165) is 32.2 Å². The van der Waals surface area contributed by atoms with Gasteiger partial charge in [0.1, 0.15) is 0 Å². The van der Waals surface area contributed by atoms with Gasteiger partial charge in [0.2, 0.25) is 0 Å². The van der Waals surface area contributed by atoms with E-state index < -0.39 is 6.10 Å². The maximum absolute atomic E-state index is 10.5. The Bertz CT molecular complexity index is 504. The molecule has 3 nitrogen and oxygen atoms in total. The first-order valence-corrected chi connectivity index (χ1v) is 17.6. The maximum atomic E-state index is 10.5. The highest BCUT2D eigenvalue weighted by atomic mass is 16.3. The van der Waals surface area contributed by atoms with Crippen LogP contribution >= 0.6 is 0 Å². The molecule has 39 heavy (non-hydrogen) atoms. The van der Waals surface area contributed by atoms with Crippen molar-refractivity contribution in [1.82, 2.24) is 5.32 Å². The van der Waals surface area contributed by atoms with Crippen LogP contribution in [0, 0.1) is 0 Å². The van der Waals surface area contributed by atoms with Crippen molar-refractivity contribution < 1.29 is 10.2 Å². The monoisotopic (exact) mass is 550 g/mol. The summed E-state index contributed by atoms with van der Waals surface area (Å²) < 4.78 is 0. The molecule has 0 aliphatic rings. The van der Waals surface area contributed by atoms with Crippen molar-refractivity contribution in [3.8, 4) is 0 Å². The third-order valence-electron chi connectivity index (χ3n) is 8.05. The van der Waals surface area contributed by atoms with Crippen LogP contribution < -0.4 is 5.32 Å². The summed E-state index contributed by atoms with van der Waals surface area (Å²) in [7, 11) is 0. The summed E-state index contributed by atoms with van der Waals surface area (Å²) in [5.74, 6) is 0. The van der Waals surface area contributed by atoms with Gasteiger partial charge in [-0.1, -0.05) is 160 Å². The first-order chi connectivity index (χ1) is 19.3. The maximum Gasteiger partial charge on any atom is 0.0715 e. The van der Waals surface area contributed by atoms with Crippen LogP contribution in [0.1, 0.15) is 181 Å². The summed E-state index contributed by atoms with van der Waals surface area (Å²) in [6.07, 6.45) is 42.3. The Morgan fingerprint density at radius 3 is 1.44 bits per heavy atom. The molecule has 0 unspecified atom stereocenters. The highest BCUT2D eigenvalue weighted by Crippen LogP contribution is 2.14. The normalized spacial score (nSPS) is 13.6. The molecule has 0 amide bonds. The first kappa shape index (κ1) is 38.4. The highest BCUT2D eigenvalue weighted by molar-refractivity contribution is 4.92. The SMILES string of the molecule is CCCCC/C=C\C/C=C\CCCCCCCCN[C@@H](CO)[C@H](O)CCCCCCCCCCCCCCC. The van der Waals surface area contributed by atoms with Gasteiger partial charge in [0.05, 0.1) is 18.8 Å². The fourth-order valence-corrected chi connectivity index (χ4v) is 5.30. The second-order valence-electron chi connectivity index (χ2n) is 11.9. The van der Waals surface area contributed by atoms with Crippen molar-refractivity contribution in [2.24, 2.45) is 0 Å². The second kappa shape index (κ2) is 33.6. The fraction of sp³-hybridized carbons (Fsp3) is 0.889. The third-order valence-corrected chi connectivity index (χ3v) is 8.05. The molecule has 3 heteroatoms. The largest absolute Gasteiger partial charge is 0.395 e. The summed E-state index contributed by atoms with van der Waals surface area (Å²) in [5, 5.41) is 23.6. The van der Waals surface area contributed by atoms with Crippen molar-refractivity contribution in [2.45, 2.75) is 193 Å². The molecule has 3 N–H and O–H groups in total. The molecule has 0 aromatic heterocycles. The minimum atomic E-state index is -0.424. The van der Waals surface area contributed by atoms with Crippen LogP contribution in [-0.4, -0.2) is 35.5 Å². The van der Waals surface area contributed by atoms with E-state index in [1.54, 1.807) is 0 Å². The van der Waals surface area contributed by atoms with Gasteiger partial charge in [0.15, 0.2) is 0 Å². The van der Waals surface area contributed by atoms with E-state index in [2.05, 4.69) is 43.5 Å². The van der Waals surface area contributed by atoms with Crippen molar-refractivity contribution in [3.05, 3.63) is 24.3 Å². The molecule has 0 bridgehead atoms. The number of nitrogens with one attached hydrogen (secondary N) is 1. The van der Waals surface area contributed by atoms with Crippen LogP contribution in [0.25, 0.3) is 0 Å². The number of unbranched alkanes of at least 4 members (excludes halogenated alkanes) is 21. The summed E-state index contributed by atoms with van der Waals surface area (Å²) >= 11 is 0. The molecule has 0 saturated carbocycles. The number of aliphatic hydroxyl groups excluding tert-OH is 2. The van der Waals surface area contributed by atoms with Gasteiger partial charge in [-0.3, -0.25) is 0 Å². The Hall–Kier alpha value is -0.640. The van der Waals surface area contributed by atoms with E-state index in [0.29, 0.717) is 0 Å². The Morgan fingerprint density at radius 1 is 0.513 bits per heavy atom. The first-order valence-electron chi connectivity index (χ1n) is 17.6. The van der Waals surface area contributed by atoms with Crippen LogP contribution in [0.2, 0.25) is 0 Å². The highest BCUT2D eigenvalue weighted by Gasteiger charge is 2.16. The lowest BCUT2D eigenvalue weighted by Crippen LogP contribution is -2.43. The zero-order valence-electron chi connectivity index (χ0n) is 26.7. The molecule has 0 fully saturated rings. The predicted octanol–water partition coefficient (Wildman–Crippen LogP) is 10.6. The molecule has 232 valence electrons. The van der Waals surface area contributed by atoms with Crippen LogP contribution in [-0.2, 0) is 0 Å². The Labute approximate surface area is 245 Å². The zero-order chi connectivity index (χ0) is 28.5. The summed E-state index contributed by atoms with van der Waals surface area (Å²) in [6, 6.07) is -0.166. The molecule has 0 aromatic carbocycles. The lowest BCUT2D eigenvalue weighted by Gasteiger charge is -2.22. The van der Waals surface area contributed by atoms with Gasteiger partial charge in [-0.15, -0.1) is 0 Å². The quantitative estimate of drug-likeness (QED) is 0.0577. The number of aliphatic hydroxyl groups is 2. The summed E-state index contributed by atoms with van der Waals surface area (Å²) in [6.45, 7) is 5.46. The van der Waals surface area contributed by atoms with Crippen LogP contribution in [0.4, 0.5) is 0 Å². The standard InChI is InChI=1S/C36H71NO2/c1-3-5-7-9-11-13-15-17-18-19-21-23-25-27-29-31-33-37-35(34-38)36(39)32-30-28-26-24-22-20-16-14-12-10-8-6-4-2/h11,13,17-18,35-39H,3-10,12,14-16,19-34H2,1-2H3/b13-11-,18-17-/t35-,36+/m0/s1. The molecule has 0 radical (unpaired) electrons. The van der Waals surface area contributed by atoms with E-state index in [-0.39, 0.29) is 12.6 Å². The summed E-state index contributed by atoms with van der Waals surface area (Å²) in [5.41, 5.74) is 0. The molecule has 0 aromatic rings. The van der Waals surface area contributed by atoms with Gasteiger partial charge in [0, 0.05) is 0 Å². The van der Waals surface area contributed by atoms with Crippen molar-refractivity contribution in [2.75, 3.05) is 13.2 Å². The topological polar surface area (TPSA) is 52.5 Å². The summed E-state index contributed by atoms with van der Waals surface area (Å²) in [4.78, 5) is 0. The molecule has 2 atom stereocenters. The molecular weight excluding hydrogens is 478 g/mol. The van der Waals surface area contributed by atoms with Crippen LogP contribution in [0.5, 0.6) is 0 Å². The van der Waals surface area contributed by atoms with Gasteiger partial charge < -0.3 is 15.5 Å². The average Bonchev–Trinajstić information content (AvgIpc) is 2.95. The molecule has 0 aliphatic heterocycles. The number of rotatable bonds is 32. The Balaban J connectivity index is 3.46. The van der Waals surface area contributed by atoms with Crippen molar-refractivity contribution >= 4 is 0 Å². The van der Waals surface area contributed by atoms with Gasteiger partial charge in [0.25, 0.3) is 0 Å². The molecule has 0 spiro atoms. The van der Waals surface area contributed by atoms with Gasteiger partial charge >= 0.3 is 0 Å². The zero-order valence-corrected chi connectivity index (χ0v) is 26.7. The van der Waals surface area contributed by atoms with E-state index in [4.69, 9.17) is 0 Å². The average molecular weight is 550 g/mol. The Kier molecular flexibility index (Phi) is 33.0. The van der Waals surface area contributed by atoms with E-state index in [9.17, 15) is 10.2 Å². The Morgan fingerprint density at radius 2 is 0.923 bits per heavy atom. The smallest absolute Gasteiger partial charge is 0.0715 e. The van der Waals surface area contributed by atoms with Gasteiger partial charge in [-0.25, -0.2) is 0 Å². The minimum absolute atomic E-state index is 0.0295. The van der Waals surface area contributed by atoms with Crippen molar-refractivity contribution in [3.63, 3.8) is 0 Å². The van der Waals surface area contributed by atoms with Crippen LogP contribution in [0.15, 0.2) is 24.3 Å². The van der Waals surface area contributed by atoms with Gasteiger partial charge in [-0.2, -0.15) is 0 Å². The number of hydrogen-bond acceptors (Lipinski definition) is 3. The molecular formula is C36H71NO2. The lowest BCUT2D eigenvalue weighted by atomic mass is 10.0. The molecule has 0 heterocycles.